The van der Waals surface area contributed by atoms with Crippen LogP contribution in [0.25, 0.3) is 0 Å². The fourth-order valence-electron chi connectivity index (χ4n) is 1.38. The molecule has 0 bridgehead atoms. The van der Waals surface area contributed by atoms with Crippen molar-refractivity contribution in [1.82, 2.24) is 0 Å². The average Bonchev–Trinajstić information content (AvgIpc) is 2.17. The number of carbonyl (C=O) groups excluding carboxylic acids is 1. The van der Waals surface area contributed by atoms with Crippen LogP contribution in [0.15, 0.2) is 29.2 Å². The predicted octanol–water partition coefficient (Wildman–Crippen LogP) is 1.61. The van der Waals surface area contributed by atoms with Gasteiger partial charge >= 0.3 is 0 Å². The number of carbonyl (C=O) groups is 1. The molecule has 0 aliphatic heterocycles. The lowest BCUT2D eigenvalue weighted by Gasteiger charge is -2.07. The first-order valence-corrected chi connectivity index (χ1v) is 6.42. The lowest BCUT2D eigenvalue weighted by molar-refractivity contribution is -0.116. The molecule has 1 aromatic rings. The topological polar surface area (TPSA) is 51.2 Å². The highest BCUT2D eigenvalue weighted by Crippen LogP contribution is 2.17. The standard InChI is InChI=1S/C11H14O3S/c1-3-15(13,14)11-7-5-4-6-10(11)8-9(2)12/h4-7H,3,8H2,1-2H3. The number of Topliss-reactive ketones (excluding diaryl/α,β-unsaturated/α-hetero) is 1. The normalized spacial score (nSPS) is 11.3. The van der Waals surface area contributed by atoms with Crippen LogP contribution in [-0.2, 0) is 21.1 Å². The first kappa shape index (κ1) is 11.9. The van der Waals surface area contributed by atoms with Crippen LogP contribution in [0.3, 0.4) is 0 Å². The lowest BCUT2D eigenvalue weighted by atomic mass is 10.1. The van der Waals surface area contributed by atoms with Gasteiger partial charge in [0.15, 0.2) is 9.84 Å². The third-order valence-corrected chi connectivity index (χ3v) is 3.96. The zero-order valence-electron chi connectivity index (χ0n) is 8.86. The van der Waals surface area contributed by atoms with Crippen LogP contribution >= 0.6 is 0 Å². The minimum atomic E-state index is -3.23. The van der Waals surface area contributed by atoms with Crippen molar-refractivity contribution in [2.75, 3.05) is 5.75 Å². The molecule has 0 aliphatic carbocycles. The summed E-state index contributed by atoms with van der Waals surface area (Å²) < 4.78 is 23.4. The fraction of sp³-hybridized carbons (Fsp3) is 0.364. The van der Waals surface area contributed by atoms with Gasteiger partial charge in [-0.2, -0.15) is 0 Å². The van der Waals surface area contributed by atoms with Crippen molar-refractivity contribution in [2.45, 2.75) is 25.2 Å². The molecule has 0 N–H and O–H groups in total. The SMILES string of the molecule is CCS(=O)(=O)c1ccccc1CC(C)=O. The van der Waals surface area contributed by atoms with Crippen molar-refractivity contribution in [3.63, 3.8) is 0 Å². The highest BCUT2D eigenvalue weighted by Gasteiger charge is 2.16. The molecule has 0 saturated carbocycles. The Morgan fingerprint density at radius 1 is 1.27 bits per heavy atom. The van der Waals surface area contributed by atoms with Crippen LogP contribution in [0, 0.1) is 0 Å². The van der Waals surface area contributed by atoms with Crippen LogP contribution in [0.2, 0.25) is 0 Å². The van der Waals surface area contributed by atoms with Crippen molar-refractivity contribution < 1.29 is 13.2 Å². The van der Waals surface area contributed by atoms with Crippen molar-refractivity contribution in [1.29, 1.82) is 0 Å². The van der Waals surface area contributed by atoms with Crippen LogP contribution in [0.1, 0.15) is 19.4 Å². The van der Waals surface area contributed by atoms with Gasteiger partial charge in [-0.15, -0.1) is 0 Å². The second-order valence-electron chi connectivity index (χ2n) is 3.39. The summed E-state index contributed by atoms with van der Waals surface area (Å²) in [7, 11) is -3.23. The molecule has 0 fully saturated rings. The van der Waals surface area contributed by atoms with E-state index >= 15 is 0 Å². The molecule has 0 amide bonds. The van der Waals surface area contributed by atoms with Gasteiger partial charge in [0.25, 0.3) is 0 Å². The number of rotatable bonds is 4. The minimum absolute atomic E-state index is 0.0336. The largest absolute Gasteiger partial charge is 0.300 e. The first-order chi connectivity index (χ1) is 6.97. The highest BCUT2D eigenvalue weighted by molar-refractivity contribution is 7.91. The van der Waals surface area contributed by atoms with E-state index in [9.17, 15) is 13.2 Å². The molecule has 0 unspecified atom stereocenters. The summed E-state index contributed by atoms with van der Waals surface area (Å²) in [5, 5.41) is 0. The third kappa shape index (κ3) is 2.89. The van der Waals surface area contributed by atoms with E-state index in [2.05, 4.69) is 0 Å². The van der Waals surface area contributed by atoms with Crippen LogP contribution in [0.4, 0.5) is 0 Å². The van der Waals surface area contributed by atoms with Gasteiger partial charge in [-0.05, 0) is 18.6 Å². The van der Waals surface area contributed by atoms with Gasteiger partial charge in [0.2, 0.25) is 0 Å². The Morgan fingerprint density at radius 2 is 1.87 bits per heavy atom. The number of ketones is 1. The maximum atomic E-state index is 11.7. The average molecular weight is 226 g/mol. The van der Waals surface area contributed by atoms with Crippen molar-refractivity contribution in [3.8, 4) is 0 Å². The second-order valence-corrected chi connectivity index (χ2v) is 5.64. The summed E-state index contributed by atoms with van der Waals surface area (Å²) in [5.41, 5.74) is 0.590. The molecule has 0 atom stereocenters. The Morgan fingerprint density at radius 3 is 2.40 bits per heavy atom. The zero-order valence-corrected chi connectivity index (χ0v) is 9.67. The maximum absolute atomic E-state index is 11.7. The number of sulfone groups is 1. The van der Waals surface area contributed by atoms with Crippen molar-refractivity contribution >= 4 is 15.6 Å². The Balaban J connectivity index is 3.24. The zero-order chi connectivity index (χ0) is 11.5. The smallest absolute Gasteiger partial charge is 0.178 e. The van der Waals surface area contributed by atoms with Gasteiger partial charge in [0, 0.05) is 6.42 Å². The van der Waals surface area contributed by atoms with Gasteiger partial charge in [0.1, 0.15) is 5.78 Å². The molecular weight excluding hydrogens is 212 g/mol. The summed E-state index contributed by atoms with van der Waals surface area (Å²) in [6.07, 6.45) is 0.176. The Labute approximate surface area is 90.0 Å². The van der Waals surface area contributed by atoms with Gasteiger partial charge in [0.05, 0.1) is 10.6 Å². The van der Waals surface area contributed by atoms with E-state index in [1.807, 2.05) is 0 Å². The molecule has 0 saturated heterocycles. The van der Waals surface area contributed by atoms with E-state index in [-0.39, 0.29) is 22.9 Å². The predicted molar refractivity (Wildman–Crippen MR) is 58.6 cm³/mol. The van der Waals surface area contributed by atoms with Crippen LogP contribution in [-0.4, -0.2) is 20.0 Å². The summed E-state index contributed by atoms with van der Waals surface area (Å²) in [5.74, 6) is 0.0239. The van der Waals surface area contributed by atoms with Crippen molar-refractivity contribution in [2.24, 2.45) is 0 Å². The van der Waals surface area contributed by atoms with Crippen LogP contribution < -0.4 is 0 Å². The second kappa shape index (κ2) is 4.57. The van der Waals surface area contributed by atoms with E-state index in [4.69, 9.17) is 0 Å². The molecule has 15 heavy (non-hydrogen) atoms. The Kier molecular flexibility index (Phi) is 3.63. The molecule has 0 aromatic heterocycles. The van der Waals surface area contributed by atoms with E-state index in [1.165, 1.54) is 6.92 Å². The van der Waals surface area contributed by atoms with E-state index < -0.39 is 9.84 Å². The maximum Gasteiger partial charge on any atom is 0.178 e. The molecule has 82 valence electrons. The van der Waals surface area contributed by atoms with Crippen LogP contribution in [0.5, 0.6) is 0 Å². The monoisotopic (exact) mass is 226 g/mol. The molecule has 1 rings (SSSR count). The van der Waals surface area contributed by atoms with Gasteiger partial charge in [-0.1, -0.05) is 25.1 Å². The number of benzene rings is 1. The molecule has 1 aromatic carbocycles. The number of hydrogen-bond acceptors (Lipinski definition) is 3. The summed E-state index contributed by atoms with van der Waals surface area (Å²) >= 11 is 0. The summed E-state index contributed by atoms with van der Waals surface area (Å²) in [4.78, 5) is 11.3. The quantitative estimate of drug-likeness (QED) is 0.783. The van der Waals surface area contributed by atoms with E-state index in [0.29, 0.717) is 5.56 Å². The molecular formula is C11H14O3S. The lowest BCUT2D eigenvalue weighted by Crippen LogP contribution is -2.09. The van der Waals surface area contributed by atoms with Gasteiger partial charge in [-0.3, -0.25) is 4.79 Å². The van der Waals surface area contributed by atoms with Gasteiger partial charge in [-0.25, -0.2) is 8.42 Å². The van der Waals surface area contributed by atoms with Crippen molar-refractivity contribution in [3.05, 3.63) is 29.8 Å². The van der Waals surface area contributed by atoms with Gasteiger partial charge < -0.3 is 0 Å². The molecule has 0 heterocycles. The molecule has 4 heteroatoms. The van der Waals surface area contributed by atoms with E-state index in [1.54, 1.807) is 31.2 Å². The molecule has 0 radical (unpaired) electrons. The van der Waals surface area contributed by atoms with E-state index in [0.717, 1.165) is 0 Å². The Bertz CT molecular complexity index is 460. The summed E-state index contributed by atoms with van der Waals surface area (Å²) in [6, 6.07) is 6.65. The molecule has 3 nitrogen and oxygen atoms in total. The molecule has 0 aliphatic rings. The minimum Gasteiger partial charge on any atom is -0.300 e. The Hall–Kier alpha value is -1.16. The first-order valence-electron chi connectivity index (χ1n) is 4.77. The molecule has 0 spiro atoms. The summed E-state index contributed by atoms with van der Waals surface area (Å²) in [6.45, 7) is 3.05. The third-order valence-electron chi connectivity index (χ3n) is 2.13. The highest BCUT2D eigenvalue weighted by atomic mass is 32.2. The fourth-order valence-corrected chi connectivity index (χ4v) is 2.51. The number of hydrogen-bond donors (Lipinski definition) is 0.